The normalized spacial score (nSPS) is 12.8. The Morgan fingerprint density at radius 2 is 2.10 bits per heavy atom. The van der Waals surface area contributed by atoms with Gasteiger partial charge in [-0.15, -0.1) is 0 Å². The van der Waals surface area contributed by atoms with Gasteiger partial charge in [-0.05, 0) is 26.0 Å². The molecule has 0 fully saturated rings. The molecular weight excluding hydrogens is 274 g/mol. The van der Waals surface area contributed by atoms with Crippen molar-refractivity contribution in [2.24, 2.45) is 0 Å². The van der Waals surface area contributed by atoms with E-state index in [0.29, 0.717) is 11.3 Å². The number of carbonyl (C=O) groups is 3. The molecule has 6 nitrogen and oxygen atoms in total. The van der Waals surface area contributed by atoms with Gasteiger partial charge in [-0.3, -0.25) is 9.59 Å². The van der Waals surface area contributed by atoms with E-state index in [4.69, 9.17) is 9.47 Å². The zero-order valence-electron chi connectivity index (χ0n) is 12.0. The predicted octanol–water partition coefficient (Wildman–Crippen LogP) is 2.03. The van der Waals surface area contributed by atoms with Crippen LogP contribution in [0.15, 0.2) is 18.2 Å². The second-order valence-corrected chi connectivity index (χ2v) is 5.03. The SMILES string of the molecule is CC(C)OC(=O)CCC(=O)Nc1ccc2c(c1)C(=O)OC2. The minimum absolute atomic E-state index is 0.0248. The van der Waals surface area contributed by atoms with Gasteiger partial charge in [0.25, 0.3) is 0 Å². The van der Waals surface area contributed by atoms with E-state index in [1.54, 1.807) is 32.0 Å². The van der Waals surface area contributed by atoms with Gasteiger partial charge in [-0.25, -0.2) is 4.79 Å². The number of anilines is 1. The van der Waals surface area contributed by atoms with Crippen molar-refractivity contribution in [2.75, 3.05) is 5.32 Å². The molecule has 2 rings (SSSR count). The fourth-order valence-electron chi connectivity index (χ4n) is 1.95. The lowest BCUT2D eigenvalue weighted by Crippen LogP contribution is -2.16. The van der Waals surface area contributed by atoms with Crippen LogP contribution in [0, 0.1) is 0 Å². The van der Waals surface area contributed by atoms with Crippen LogP contribution in [0.1, 0.15) is 42.6 Å². The molecule has 1 aliphatic rings. The zero-order valence-corrected chi connectivity index (χ0v) is 12.0. The molecule has 0 bridgehead atoms. The van der Waals surface area contributed by atoms with Crippen molar-refractivity contribution in [2.45, 2.75) is 39.4 Å². The van der Waals surface area contributed by atoms with Gasteiger partial charge in [0, 0.05) is 17.7 Å². The summed E-state index contributed by atoms with van der Waals surface area (Å²) in [6.07, 6.45) is -0.132. The Balaban J connectivity index is 1.87. The third-order valence-electron chi connectivity index (χ3n) is 2.90. The highest BCUT2D eigenvalue weighted by Gasteiger charge is 2.21. The van der Waals surface area contributed by atoms with Gasteiger partial charge in [0.2, 0.25) is 5.91 Å². The van der Waals surface area contributed by atoms with Crippen LogP contribution >= 0.6 is 0 Å². The van der Waals surface area contributed by atoms with E-state index in [-0.39, 0.29) is 37.4 Å². The maximum Gasteiger partial charge on any atom is 0.338 e. The van der Waals surface area contributed by atoms with Crippen molar-refractivity contribution in [1.29, 1.82) is 0 Å². The van der Waals surface area contributed by atoms with Crippen molar-refractivity contribution in [3.05, 3.63) is 29.3 Å². The van der Waals surface area contributed by atoms with Gasteiger partial charge in [-0.2, -0.15) is 0 Å². The van der Waals surface area contributed by atoms with Crippen molar-refractivity contribution >= 4 is 23.5 Å². The summed E-state index contributed by atoms with van der Waals surface area (Å²) in [5, 5.41) is 2.65. The van der Waals surface area contributed by atoms with Gasteiger partial charge >= 0.3 is 11.9 Å². The average Bonchev–Trinajstić information content (AvgIpc) is 2.77. The second-order valence-electron chi connectivity index (χ2n) is 5.03. The van der Waals surface area contributed by atoms with Crippen LogP contribution in [0.5, 0.6) is 0 Å². The molecule has 1 N–H and O–H groups in total. The Morgan fingerprint density at radius 1 is 1.33 bits per heavy atom. The minimum atomic E-state index is -0.405. The molecule has 1 aromatic rings. The molecule has 1 aliphatic heterocycles. The summed E-state index contributed by atoms with van der Waals surface area (Å²) in [5.41, 5.74) is 1.78. The van der Waals surface area contributed by atoms with E-state index in [1.165, 1.54) is 0 Å². The molecular formula is C15H17NO5. The van der Waals surface area contributed by atoms with E-state index in [2.05, 4.69) is 5.32 Å². The van der Waals surface area contributed by atoms with E-state index < -0.39 is 5.97 Å². The fraction of sp³-hybridized carbons (Fsp3) is 0.400. The van der Waals surface area contributed by atoms with Crippen molar-refractivity contribution in [3.8, 4) is 0 Å². The summed E-state index contributed by atoms with van der Waals surface area (Å²) < 4.78 is 9.83. The zero-order chi connectivity index (χ0) is 15.4. The molecule has 112 valence electrons. The minimum Gasteiger partial charge on any atom is -0.463 e. The molecule has 0 aliphatic carbocycles. The average molecular weight is 291 g/mol. The highest BCUT2D eigenvalue weighted by Crippen LogP contribution is 2.23. The number of esters is 2. The number of ether oxygens (including phenoxy) is 2. The predicted molar refractivity (Wildman–Crippen MR) is 74.7 cm³/mol. The summed E-state index contributed by atoms with van der Waals surface area (Å²) in [6, 6.07) is 5.02. The van der Waals surface area contributed by atoms with E-state index in [9.17, 15) is 14.4 Å². The Morgan fingerprint density at radius 3 is 2.81 bits per heavy atom. The Kier molecular flexibility index (Phi) is 4.57. The van der Waals surface area contributed by atoms with Crippen LogP contribution in [0.3, 0.4) is 0 Å². The number of nitrogens with one attached hydrogen (secondary N) is 1. The molecule has 21 heavy (non-hydrogen) atoms. The lowest BCUT2D eigenvalue weighted by molar-refractivity contribution is -0.148. The van der Waals surface area contributed by atoms with Gasteiger partial charge in [0.05, 0.1) is 18.1 Å². The molecule has 6 heteroatoms. The van der Waals surface area contributed by atoms with Crippen LogP contribution in [0.2, 0.25) is 0 Å². The monoisotopic (exact) mass is 291 g/mol. The van der Waals surface area contributed by atoms with Crippen molar-refractivity contribution in [3.63, 3.8) is 0 Å². The van der Waals surface area contributed by atoms with Crippen LogP contribution in [-0.2, 0) is 25.7 Å². The summed E-state index contributed by atoms with van der Waals surface area (Å²) >= 11 is 0. The lowest BCUT2D eigenvalue weighted by Gasteiger charge is -2.08. The third kappa shape index (κ3) is 4.05. The van der Waals surface area contributed by atoms with Gasteiger partial charge in [-0.1, -0.05) is 6.07 Å². The second kappa shape index (κ2) is 6.39. The number of amides is 1. The highest BCUT2D eigenvalue weighted by molar-refractivity contribution is 5.97. The molecule has 0 atom stereocenters. The van der Waals surface area contributed by atoms with Gasteiger partial charge in [0.15, 0.2) is 0 Å². The summed E-state index contributed by atoms with van der Waals surface area (Å²) in [5.74, 6) is -1.10. The maximum atomic E-state index is 11.7. The topological polar surface area (TPSA) is 81.7 Å². The van der Waals surface area contributed by atoms with Crippen LogP contribution in [-0.4, -0.2) is 23.9 Å². The number of hydrogen-bond acceptors (Lipinski definition) is 5. The Bertz CT molecular complexity index is 579. The molecule has 1 heterocycles. The molecule has 0 radical (unpaired) electrons. The molecule has 0 spiro atoms. The molecule has 0 saturated carbocycles. The van der Waals surface area contributed by atoms with Gasteiger partial charge < -0.3 is 14.8 Å². The summed E-state index contributed by atoms with van der Waals surface area (Å²) in [4.78, 5) is 34.5. The van der Waals surface area contributed by atoms with Crippen LogP contribution in [0.25, 0.3) is 0 Å². The number of cyclic esters (lactones) is 1. The number of fused-ring (bicyclic) bond motifs is 1. The highest BCUT2D eigenvalue weighted by atomic mass is 16.5. The first-order valence-electron chi connectivity index (χ1n) is 6.75. The Hall–Kier alpha value is -2.37. The third-order valence-corrected chi connectivity index (χ3v) is 2.90. The maximum absolute atomic E-state index is 11.7. The number of carbonyl (C=O) groups excluding carboxylic acids is 3. The largest absolute Gasteiger partial charge is 0.463 e. The molecule has 0 aromatic heterocycles. The van der Waals surface area contributed by atoms with E-state index in [0.717, 1.165) is 5.56 Å². The van der Waals surface area contributed by atoms with E-state index in [1.807, 2.05) is 0 Å². The van der Waals surface area contributed by atoms with Crippen molar-refractivity contribution < 1.29 is 23.9 Å². The number of hydrogen-bond donors (Lipinski definition) is 1. The molecule has 0 unspecified atom stereocenters. The molecule has 1 aromatic carbocycles. The molecule has 1 amide bonds. The fourth-order valence-corrected chi connectivity index (χ4v) is 1.95. The number of benzene rings is 1. The first-order chi connectivity index (χ1) is 9.95. The summed E-state index contributed by atoms with van der Waals surface area (Å²) in [6.45, 7) is 3.77. The Labute approximate surface area is 122 Å². The smallest absolute Gasteiger partial charge is 0.338 e. The quantitative estimate of drug-likeness (QED) is 0.839. The van der Waals surface area contributed by atoms with Crippen LogP contribution in [0.4, 0.5) is 5.69 Å². The standard InChI is InChI=1S/C15H17NO5/c1-9(2)21-14(18)6-5-13(17)16-11-4-3-10-8-20-15(19)12(10)7-11/h3-4,7,9H,5-6,8H2,1-2H3,(H,16,17). The lowest BCUT2D eigenvalue weighted by atomic mass is 10.1. The first-order valence-corrected chi connectivity index (χ1v) is 6.75. The number of rotatable bonds is 5. The molecule has 0 saturated heterocycles. The first kappa shape index (κ1) is 15.0. The summed E-state index contributed by atoms with van der Waals surface area (Å²) in [7, 11) is 0. The van der Waals surface area contributed by atoms with E-state index >= 15 is 0 Å². The van der Waals surface area contributed by atoms with Crippen LogP contribution < -0.4 is 5.32 Å². The van der Waals surface area contributed by atoms with Crippen molar-refractivity contribution in [1.82, 2.24) is 0 Å². The van der Waals surface area contributed by atoms with Gasteiger partial charge in [0.1, 0.15) is 6.61 Å².